The number of hydrogen-bond donors (Lipinski definition) is 3. The van der Waals surface area contributed by atoms with E-state index in [9.17, 15) is 14.6 Å². The van der Waals surface area contributed by atoms with Crippen LogP contribution in [0.15, 0.2) is 18.2 Å². The molecular formula is C14H20FNO2. The van der Waals surface area contributed by atoms with Gasteiger partial charge in [0.15, 0.2) is 0 Å². The first-order valence-electron chi connectivity index (χ1n) is 6.42. The van der Waals surface area contributed by atoms with Crippen LogP contribution in [0.2, 0.25) is 0 Å². The van der Waals surface area contributed by atoms with Crippen molar-refractivity contribution in [2.24, 2.45) is 0 Å². The second-order valence-electron chi connectivity index (χ2n) is 4.99. The molecule has 1 aliphatic rings. The van der Waals surface area contributed by atoms with E-state index in [2.05, 4.69) is 5.32 Å². The molecule has 1 aromatic carbocycles. The molecule has 0 heterocycles. The molecule has 1 atom stereocenters. The summed E-state index contributed by atoms with van der Waals surface area (Å²) >= 11 is 0. The summed E-state index contributed by atoms with van der Waals surface area (Å²) < 4.78 is 13.6. The van der Waals surface area contributed by atoms with Gasteiger partial charge < -0.3 is 15.5 Å². The van der Waals surface area contributed by atoms with Crippen LogP contribution in [0.5, 0.6) is 0 Å². The minimum Gasteiger partial charge on any atom is -0.394 e. The van der Waals surface area contributed by atoms with Gasteiger partial charge in [0.25, 0.3) is 0 Å². The SMILES string of the molecule is CCC(CO)(CO)NC1CCc2c(F)cccc21. The first-order chi connectivity index (χ1) is 8.65. The van der Waals surface area contributed by atoms with Crippen molar-refractivity contribution in [1.82, 2.24) is 5.32 Å². The predicted octanol–water partition coefficient (Wildman–Crippen LogP) is 1.54. The van der Waals surface area contributed by atoms with E-state index in [1.165, 1.54) is 6.07 Å². The van der Waals surface area contributed by atoms with Gasteiger partial charge in [-0.05, 0) is 36.5 Å². The molecule has 1 unspecified atom stereocenters. The number of fused-ring (bicyclic) bond motifs is 1. The van der Waals surface area contributed by atoms with E-state index in [1.54, 1.807) is 6.07 Å². The third kappa shape index (κ3) is 2.28. The zero-order valence-corrected chi connectivity index (χ0v) is 10.6. The average Bonchev–Trinajstić information content (AvgIpc) is 2.81. The summed E-state index contributed by atoms with van der Waals surface area (Å²) in [6, 6.07) is 5.11. The van der Waals surface area contributed by atoms with Crippen molar-refractivity contribution in [2.75, 3.05) is 13.2 Å². The molecule has 0 aliphatic heterocycles. The molecule has 3 N–H and O–H groups in total. The summed E-state index contributed by atoms with van der Waals surface area (Å²) in [6.07, 6.45) is 2.13. The van der Waals surface area contributed by atoms with Crippen molar-refractivity contribution in [3.63, 3.8) is 0 Å². The predicted molar refractivity (Wildman–Crippen MR) is 67.8 cm³/mol. The Bertz CT molecular complexity index is 410. The van der Waals surface area contributed by atoms with Crippen molar-refractivity contribution >= 4 is 0 Å². The van der Waals surface area contributed by atoms with Gasteiger partial charge in [-0.25, -0.2) is 4.39 Å². The van der Waals surface area contributed by atoms with Gasteiger partial charge in [0.05, 0.1) is 18.8 Å². The van der Waals surface area contributed by atoms with Gasteiger partial charge in [-0.1, -0.05) is 19.1 Å². The lowest BCUT2D eigenvalue weighted by atomic mass is 9.95. The number of rotatable bonds is 5. The van der Waals surface area contributed by atoms with Gasteiger partial charge in [0.2, 0.25) is 0 Å². The molecule has 0 saturated carbocycles. The van der Waals surface area contributed by atoms with Crippen LogP contribution < -0.4 is 5.32 Å². The minimum atomic E-state index is -0.682. The lowest BCUT2D eigenvalue weighted by Crippen LogP contribution is -2.52. The fourth-order valence-electron chi connectivity index (χ4n) is 2.60. The van der Waals surface area contributed by atoms with Gasteiger partial charge in [0.1, 0.15) is 5.82 Å². The van der Waals surface area contributed by atoms with Crippen molar-refractivity contribution in [1.29, 1.82) is 0 Å². The second kappa shape index (κ2) is 5.34. The third-order valence-electron chi connectivity index (χ3n) is 3.98. The molecule has 1 aromatic rings. The van der Waals surface area contributed by atoms with E-state index in [-0.39, 0.29) is 25.1 Å². The van der Waals surface area contributed by atoms with Crippen LogP contribution in [0.4, 0.5) is 4.39 Å². The standard InChI is InChI=1S/C14H20FNO2/c1-2-14(8-17,9-18)16-13-7-6-10-11(13)4-3-5-12(10)15/h3-5,13,16-18H,2,6-9H2,1H3. The summed E-state index contributed by atoms with van der Waals surface area (Å²) in [5.41, 5.74) is 1.03. The average molecular weight is 253 g/mol. The first-order valence-corrected chi connectivity index (χ1v) is 6.42. The molecule has 100 valence electrons. The second-order valence-corrected chi connectivity index (χ2v) is 4.99. The number of aliphatic hydroxyl groups excluding tert-OH is 2. The number of halogens is 1. The van der Waals surface area contributed by atoms with Crippen LogP contribution in [-0.2, 0) is 6.42 Å². The zero-order chi connectivity index (χ0) is 13.2. The van der Waals surface area contributed by atoms with Crippen LogP contribution in [0, 0.1) is 5.82 Å². The topological polar surface area (TPSA) is 52.5 Å². The Morgan fingerprint density at radius 1 is 1.39 bits per heavy atom. The molecule has 0 amide bonds. The van der Waals surface area contributed by atoms with Crippen LogP contribution in [-0.4, -0.2) is 29.0 Å². The summed E-state index contributed by atoms with van der Waals surface area (Å²) in [5, 5.41) is 22.2. The number of benzene rings is 1. The highest BCUT2D eigenvalue weighted by Crippen LogP contribution is 2.34. The Hall–Kier alpha value is -0.970. The number of aliphatic hydroxyl groups is 2. The largest absolute Gasteiger partial charge is 0.394 e. The van der Waals surface area contributed by atoms with Gasteiger partial charge in [-0.3, -0.25) is 0 Å². The van der Waals surface area contributed by atoms with E-state index in [4.69, 9.17) is 0 Å². The maximum absolute atomic E-state index is 13.6. The van der Waals surface area contributed by atoms with E-state index < -0.39 is 5.54 Å². The Balaban J connectivity index is 2.21. The van der Waals surface area contributed by atoms with Gasteiger partial charge in [-0.2, -0.15) is 0 Å². The smallest absolute Gasteiger partial charge is 0.126 e. The summed E-state index contributed by atoms with van der Waals surface area (Å²) in [5.74, 6) is -0.160. The minimum absolute atomic E-state index is 0.00921. The monoisotopic (exact) mass is 253 g/mol. The van der Waals surface area contributed by atoms with E-state index in [1.807, 2.05) is 13.0 Å². The number of hydrogen-bond acceptors (Lipinski definition) is 3. The van der Waals surface area contributed by atoms with Crippen molar-refractivity contribution in [2.45, 2.75) is 37.8 Å². The maximum atomic E-state index is 13.6. The maximum Gasteiger partial charge on any atom is 0.126 e. The molecular weight excluding hydrogens is 233 g/mol. The van der Waals surface area contributed by atoms with Gasteiger partial charge >= 0.3 is 0 Å². The molecule has 0 aromatic heterocycles. The Labute approximate surface area is 107 Å². The number of nitrogens with one attached hydrogen (secondary N) is 1. The fourth-order valence-corrected chi connectivity index (χ4v) is 2.60. The van der Waals surface area contributed by atoms with Crippen molar-refractivity contribution in [3.05, 3.63) is 35.1 Å². The van der Waals surface area contributed by atoms with Gasteiger partial charge in [-0.15, -0.1) is 0 Å². The normalized spacial score (nSPS) is 19.0. The summed E-state index contributed by atoms with van der Waals surface area (Å²) in [4.78, 5) is 0. The van der Waals surface area contributed by atoms with Crippen molar-refractivity contribution in [3.8, 4) is 0 Å². The van der Waals surface area contributed by atoms with Crippen LogP contribution >= 0.6 is 0 Å². The lowest BCUT2D eigenvalue weighted by Gasteiger charge is -2.33. The summed E-state index contributed by atoms with van der Waals surface area (Å²) in [6.45, 7) is 1.67. The molecule has 2 rings (SSSR count). The lowest BCUT2D eigenvalue weighted by molar-refractivity contribution is 0.0775. The molecule has 18 heavy (non-hydrogen) atoms. The summed E-state index contributed by atoms with van der Waals surface area (Å²) in [7, 11) is 0. The first kappa shape index (κ1) is 13.5. The molecule has 0 fully saturated rings. The Kier molecular flexibility index (Phi) is 4.00. The van der Waals surface area contributed by atoms with E-state index >= 15 is 0 Å². The molecule has 0 saturated heterocycles. The van der Waals surface area contributed by atoms with Crippen LogP contribution in [0.1, 0.15) is 36.9 Å². The van der Waals surface area contributed by atoms with Crippen molar-refractivity contribution < 1.29 is 14.6 Å². The highest BCUT2D eigenvalue weighted by Gasteiger charge is 2.33. The molecule has 0 spiro atoms. The van der Waals surface area contributed by atoms with E-state index in [0.717, 1.165) is 17.5 Å². The Morgan fingerprint density at radius 2 is 2.11 bits per heavy atom. The van der Waals surface area contributed by atoms with Crippen LogP contribution in [0.25, 0.3) is 0 Å². The molecule has 3 nitrogen and oxygen atoms in total. The van der Waals surface area contributed by atoms with E-state index in [0.29, 0.717) is 12.8 Å². The molecule has 0 bridgehead atoms. The highest BCUT2D eigenvalue weighted by molar-refractivity contribution is 5.35. The quantitative estimate of drug-likeness (QED) is 0.746. The highest BCUT2D eigenvalue weighted by atomic mass is 19.1. The zero-order valence-electron chi connectivity index (χ0n) is 10.6. The molecule has 0 radical (unpaired) electrons. The Morgan fingerprint density at radius 3 is 2.72 bits per heavy atom. The van der Waals surface area contributed by atoms with Gasteiger partial charge in [0, 0.05) is 6.04 Å². The fraction of sp³-hybridized carbons (Fsp3) is 0.571. The van der Waals surface area contributed by atoms with Crippen LogP contribution in [0.3, 0.4) is 0 Å². The third-order valence-corrected chi connectivity index (χ3v) is 3.98. The molecule has 4 heteroatoms. The molecule has 1 aliphatic carbocycles.